The molecule has 0 aliphatic heterocycles. The first-order valence-electron chi connectivity index (χ1n) is 5.37. The summed E-state index contributed by atoms with van der Waals surface area (Å²) >= 11 is 2.98. The molecular formula is C12H11F3N2S2. The predicted molar refractivity (Wildman–Crippen MR) is 72.3 cm³/mol. The number of alkyl halides is 3. The van der Waals surface area contributed by atoms with Crippen LogP contribution in [0.1, 0.15) is 15.4 Å². The molecular weight excluding hydrogens is 293 g/mol. The van der Waals surface area contributed by atoms with E-state index in [9.17, 15) is 13.2 Å². The summed E-state index contributed by atoms with van der Waals surface area (Å²) in [6, 6.07) is 3.44. The number of nitrogens with zero attached hydrogens (tertiary/aromatic N) is 1. The lowest BCUT2D eigenvalue weighted by molar-refractivity contribution is -0.137. The number of nitrogen functional groups attached to an aromatic ring is 1. The van der Waals surface area contributed by atoms with Gasteiger partial charge in [0.05, 0.1) is 10.6 Å². The molecule has 1 aromatic carbocycles. The normalized spacial score (nSPS) is 11.8. The monoisotopic (exact) mass is 304 g/mol. The number of nitrogens with two attached hydrogens (primary N) is 1. The lowest BCUT2D eigenvalue weighted by Crippen LogP contribution is -2.05. The van der Waals surface area contributed by atoms with Crippen molar-refractivity contribution in [2.45, 2.75) is 23.7 Å². The summed E-state index contributed by atoms with van der Waals surface area (Å²) in [6.45, 7) is 1.91. The molecule has 2 rings (SSSR count). The Morgan fingerprint density at radius 3 is 2.63 bits per heavy atom. The summed E-state index contributed by atoms with van der Waals surface area (Å²) in [5.41, 5.74) is 5.09. The van der Waals surface area contributed by atoms with Gasteiger partial charge in [-0.15, -0.1) is 23.1 Å². The number of hydrogen-bond acceptors (Lipinski definition) is 4. The molecule has 0 atom stereocenters. The molecule has 0 saturated carbocycles. The van der Waals surface area contributed by atoms with Crippen LogP contribution in [0.5, 0.6) is 0 Å². The fourth-order valence-electron chi connectivity index (χ4n) is 1.48. The Balaban J connectivity index is 2.09. The van der Waals surface area contributed by atoms with Crippen molar-refractivity contribution in [1.82, 2.24) is 4.98 Å². The maximum absolute atomic E-state index is 12.5. The SMILES string of the molecule is Cc1ncc(CSc2ccc(C(F)(F)F)cc2N)s1. The third-order valence-corrected chi connectivity index (χ3v) is 4.61. The van der Waals surface area contributed by atoms with E-state index >= 15 is 0 Å². The van der Waals surface area contributed by atoms with E-state index in [1.807, 2.05) is 6.92 Å². The summed E-state index contributed by atoms with van der Waals surface area (Å²) in [5, 5.41) is 0.969. The number of aryl methyl sites for hydroxylation is 1. The molecule has 1 aromatic heterocycles. The Labute approximate surface area is 116 Å². The smallest absolute Gasteiger partial charge is 0.398 e. The molecule has 2 N–H and O–H groups in total. The van der Waals surface area contributed by atoms with E-state index in [4.69, 9.17) is 5.73 Å². The topological polar surface area (TPSA) is 38.9 Å². The van der Waals surface area contributed by atoms with E-state index in [0.29, 0.717) is 10.6 Å². The molecule has 0 aliphatic rings. The minimum atomic E-state index is -4.36. The predicted octanol–water partition coefficient (Wildman–Crippen LogP) is 4.34. The van der Waals surface area contributed by atoms with Crippen LogP contribution in [0.25, 0.3) is 0 Å². The number of benzene rings is 1. The summed E-state index contributed by atoms with van der Waals surface area (Å²) in [7, 11) is 0. The fraction of sp³-hybridized carbons (Fsp3) is 0.250. The van der Waals surface area contributed by atoms with Crippen molar-refractivity contribution in [3.05, 3.63) is 39.8 Å². The lowest BCUT2D eigenvalue weighted by Gasteiger charge is -2.10. The first-order valence-corrected chi connectivity index (χ1v) is 7.17. The number of anilines is 1. The van der Waals surface area contributed by atoms with Crippen molar-refractivity contribution in [2.75, 3.05) is 5.73 Å². The molecule has 0 amide bonds. The van der Waals surface area contributed by atoms with Crippen LogP contribution >= 0.6 is 23.1 Å². The Kier molecular flexibility index (Phi) is 4.05. The molecule has 2 nitrogen and oxygen atoms in total. The van der Waals surface area contributed by atoms with Gasteiger partial charge in [0.1, 0.15) is 0 Å². The van der Waals surface area contributed by atoms with Crippen LogP contribution < -0.4 is 5.73 Å². The highest BCUT2D eigenvalue weighted by atomic mass is 32.2. The summed E-state index contributed by atoms with van der Waals surface area (Å²) < 4.78 is 37.5. The molecule has 0 radical (unpaired) electrons. The molecule has 0 aliphatic carbocycles. The van der Waals surface area contributed by atoms with Crippen LogP contribution in [0.4, 0.5) is 18.9 Å². The largest absolute Gasteiger partial charge is 0.416 e. The Morgan fingerprint density at radius 2 is 2.11 bits per heavy atom. The Bertz CT molecular complexity index is 579. The van der Waals surface area contributed by atoms with Crippen molar-refractivity contribution in [3.63, 3.8) is 0 Å². The third kappa shape index (κ3) is 3.63. The maximum atomic E-state index is 12.5. The second-order valence-corrected chi connectivity index (χ2v) is 6.22. The van der Waals surface area contributed by atoms with Gasteiger partial charge in [0.15, 0.2) is 0 Å². The highest BCUT2D eigenvalue weighted by Crippen LogP contribution is 2.35. The van der Waals surface area contributed by atoms with Crippen LogP contribution in [0, 0.1) is 6.92 Å². The second-order valence-electron chi connectivity index (χ2n) is 3.88. The number of rotatable bonds is 3. The van der Waals surface area contributed by atoms with E-state index < -0.39 is 11.7 Å². The average Bonchev–Trinajstić information content (AvgIpc) is 2.72. The van der Waals surface area contributed by atoms with Crippen LogP contribution in [0.2, 0.25) is 0 Å². The molecule has 0 fully saturated rings. The fourth-order valence-corrected chi connectivity index (χ4v) is 3.24. The van der Waals surface area contributed by atoms with E-state index in [-0.39, 0.29) is 5.69 Å². The van der Waals surface area contributed by atoms with E-state index in [1.165, 1.54) is 17.8 Å². The number of halogens is 3. The molecule has 102 valence electrons. The molecule has 19 heavy (non-hydrogen) atoms. The highest BCUT2D eigenvalue weighted by molar-refractivity contribution is 7.98. The van der Waals surface area contributed by atoms with Gasteiger partial charge >= 0.3 is 6.18 Å². The minimum absolute atomic E-state index is 0.154. The van der Waals surface area contributed by atoms with Crippen LogP contribution in [0.15, 0.2) is 29.3 Å². The standard InChI is InChI=1S/C12H11F3N2S2/c1-7-17-5-9(19-7)6-18-11-3-2-8(4-10(11)16)12(13,14)15/h2-5H,6,16H2,1H3. The Morgan fingerprint density at radius 1 is 1.37 bits per heavy atom. The van der Waals surface area contributed by atoms with Gasteiger partial charge in [-0.2, -0.15) is 13.2 Å². The van der Waals surface area contributed by atoms with E-state index in [0.717, 1.165) is 22.0 Å². The molecule has 0 unspecified atom stereocenters. The van der Waals surface area contributed by atoms with Gasteiger partial charge in [-0.3, -0.25) is 0 Å². The van der Waals surface area contributed by atoms with Crippen LogP contribution in [-0.4, -0.2) is 4.98 Å². The van der Waals surface area contributed by atoms with Gasteiger partial charge in [-0.05, 0) is 25.1 Å². The van der Waals surface area contributed by atoms with Gasteiger partial charge < -0.3 is 5.73 Å². The number of hydrogen-bond donors (Lipinski definition) is 1. The van der Waals surface area contributed by atoms with Gasteiger partial charge in [0.2, 0.25) is 0 Å². The molecule has 0 saturated heterocycles. The summed E-state index contributed by atoms with van der Waals surface area (Å²) in [6.07, 6.45) is -2.58. The summed E-state index contributed by atoms with van der Waals surface area (Å²) in [4.78, 5) is 5.85. The van der Waals surface area contributed by atoms with Gasteiger partial charge in [-0.25, -0.2) is 4.98 Å². The van der Waals surface area contributed by atoms with E-state index in [1.54, 1.807) is 17.5 Å². The molecule has 7 heteroatoms. The average molecular weight is 304 g/mol. The highest BCUT2D eigenvalue weighted by Gasteiger charge is 2.30. The molecule has 1 heterocycles. The van der Waals surface area contributed by atoms with E-state index in [2.05, 4.69) is 4.98 Å². The lowest BCUT2D eigenvalue weighted by atomic mass is 10.2. The van der Waals surface area contributed by atoms with Crippen LogP contribution in [0.3, 0.4) is 0 Å². The minimum Gasteiger partial charge on any atom is -0.398 e. The van der Waals surface area contributed by atoms with Crippen LogP contribution in [-0.2, 0) is 11.9 Å². The van der Waals surface area contributed by atoms with Crippen molar-refractivity contribution in [2.24, 2.45) is 0 Å². The van der Waals surface area contributed by atoms with Crippen molar-refractivity contribution >= 4 is 28.8 Å². The van der Waals surface area contributed by atoms with Gasteiger partial charge in [0.25, 0.3) is 0 Å². The van der Waals surface area contributed by atoms with Gasteiger partial charge in [0, 0.05) is 27.4 Å². The quantitative estimate of drug-likeness (QED) is 0.677. The van der Waals surface area contributed by atoms with Crippen molar-refractivity contribution < 1.29 is 13.2 Å². The van der Waals surface area contributed by atoms with Crippen molar-refractivity contribution in [3.8, 4) is 0 Å². The zero-order valence-corrected chi connectivity index (χ0v) is 11.6. The molecule has 2 aromatic rings. The third-order valence-electron chi connectivity index (χ3n) is 2.38. The zero-order valence-electron chi connectivity index (χ0n) is 9.99. The zero-order chi connectivity index (χ0) is 14.0. The second kappa shape index (κ2) is 5.42. The number of aromatic nitrogens is 1. The van der Waals surface area contributed by atoms with Gasteiger partial charge in [-0.1, -0.05) is 0 Å². The first kappa shape index (κ1) is 14.2. The number of thiazole rings is 1. The maximum Gasteiger partial charge on any atom is 0.416 e. The number of thioether (sulfide) groups is 1. The molecule has 0 bridgehead atoms. The molecule has 0 spiro atoms. The first-order chi connectivity index (χ1) is 8.86. The van der Waals surface area contributed by atoms with Crippen molar-refractivity contribution in [1.29, 1.82) is 0 Å². The Hall–Kier alpha value is -1.21. The summed E-state index contributed by atoms with van der Waals surface area (Å²) in [5.74, 6) is 0.654.